The van der Waals surface area contributed by atoms with Gasteiger partial charge < -0.3 is 10.1 Å². The van der Waals surface area contributed by atoms with E-state index in [9.17, 15) is 9.59 Å². The molecule has 0 heterocycles. The lowest BCUT2D eigenvalue weighted by molar-refractivity contribution is 0.101. The topological polar surface area (TPSA) is 55.4 Å². The van der Waals surface area contributed by atoms with Gasteiger partial charge in [-0.15, -0.1) is 0 Å². The number of rotatable bonds is 6. The van der Waals surface area contributed by atoms with Gasteiger partial charge in [-0.1, -0.05) is 22.9 Å². The molecule has 0 spiro atoms. The van der Waals surface area contributed by atoms with Crippen LogP contribution >= 0.6 is 15.9 Å². The van der Waals surface area contributed by atoms with Gasteiger partial charge in [0.05, 0.1) is 12.2 Å². The Morgan fingerprint density at radius 3 is 2.43 bits per heavy atom. The second-order valence-electron chi connectivity index (χ2n) is 5.08. The highest BCUT2D eigenvalue weighted by molar-refractivity contribution is 9.10. The number of amides is 1. The molecule has 0 aliphatic carbocycles. The molecule has 0 unspecified atom stereocenters. The minimum absolute atomic E-state index is 0.00915. The van der Waals surface area contributed by atoms with Gasteiger partial charge in [0, 0.05) is 15.7 Å². The molecule has 0 saturated heterocycles. The van der Waals surface area contributed by atoms with E-state index in [1.807, 2.05) is 13.0 Å². The summed E-state index contributed by atoms with van der Waals surface area (Å²) in [6.45, 7) is 4.07. The summed E-state index contributed by atoms with van der Waals surface area (Å²) in [5.74, 6) is 0.283. The van der Waals surface area contributed by atoms with Crippen molar-refractivity contribution in [3.8, 4) is 5.75 Å². The number of carbonyl (C=O) groups excluding carboxylic acids is 2. The van der Waals surface area contributed by atoms with Gasteiger partial charge >= 0.3 is 0 Å². The summed E-state index contributed by atoms with van der Waals surface area (Å²) < 4.78 is 6.43. The van der Waals surface area contributed by atoms with Gasteiger partial charge in [-0.2, -0.15) is 0 Å². The third kappa shape index (κ3) is 4.66. The summed E-state index contributed by atoms with van der Waals surface area (Å²) in [5.41, 5.74) is 1.70. The van der Waals surface area contributed by atoms with Crippen molar-refractivity contribution < 1.29 is 14.3 Å². The number of ketones is 1. The fourth-order valence-electron chi connectivity index (χ4n) is 2.00. The smallest absolute Gasteiger partial charge is 0.259 e. The largest absolute Gasteiger partial charge is 0.493 e. The quantitative estimate of drug-likeness (QED) is 0.744. The first kappa shape index (κ1) is 17.2. The summed E-state index contributed by atoms with van der Waals surface area (Å²) in [6.07, 6.45) is 0.865. The molecule has 0 atom stereocenters. The van der Waals surface area contributed by atoms with Crippen LogP contribution in [0.5, 0.6) is 5.75 Å². The molecule has 23 heavy (non-hydrogen) atoms. The van der Waals surface area contributed by atoms with Crippen LogP contribution in [0.4, 0.5) is 5.69 Å². The van der Waals surface area contributed by atoms with Crippen molar-refractivity contribution in [3.63, 3.8) is 0 Å². The number of nitrogens with one attached hydrogen (secondary N) is 1. The summed E-state index contributed by atoms with van der Waals surface area (Å²) >= 11 is 3.37. The van der Waals surface area contributed by atoms with Gasteiger partial charge in [0.2, 0.25) is 0 Å². The Hall–Kier alpha value is -2.14. The zero-order valence-electron chi connectivity index (χ0n) is 13.1. The van der Waals surface area contributed by atoms with Gasteiger partial charge in [0.1, 0.15) is 5.75 Å². The number of carbonyl (C=O) groups is 2. The number of ether oxygens (including phenoxy) is 1. The van der Waals surface area contributed by atoms with Crippen LogP contribution in [-0.2, 0) is 0 Å². The molecule has 4 nitrogen and oxygen atoms in total. The fraction of sp³-hybridized carbons (Fsp3) is 0.222. The normalized spacial score (nSPS) is 10.2. The van der Waals surface area contributed by atoms with Crippen LogP contribution in [0.3, 0.4) is 0 Å². The van der Waals surface area contributed by atoms with Crippen molar-refractivity contribution in [2.45, 2.75) is 20.3 Å². The molecule has 2 rings (SSSR count). The molecule has 120 valence electrons. The highest BCUT2D eigenvalue weighted by atomic mass is 79.9. The predicted octanol–water partition coefficient (Wildman–Crippen LogP) is 4.69. The van der Waals surface area contributed by atoms with Crippen molar-refractivity contribution in [2.24, 2.45) is 0 Å². The predicted molar refractivity (Wildman–Crippen MR) is 94.3 cm³/mol. The number of hydrogen-bond donors (Lipinski definition) is 1. The average molecular weight is 376 g/mol. The summed E-state index contributed by atoms with van der Waals surface area (Å²) in [6, 6.07) is 12.1. The molecule has 1 amide bonds. The van der Waals surface area contributed by atoms with Crippen LogP contribution in [0.15, 0.2) is 46.9 Å². The van der Waals surface area contributed by atoms with E-state index >= 15 is 0 Å². The monoisotopic (exact) mass is 375 g/mol. The Kier molecular flexibility index (Phi) is 5.93. The summed E-state index contributed by atoms with van der Waals surface area (Å²) in [4.78, 5) is 23.8. The maximum Gasteiger partial charge on any atom is 0.259 e. The lowest BCUT2D eigenvalue weighted by atomic mass is 10.1. The second kappa shape index (κ2) is 7.92. The molecule has 5 heteroatoms. The average Bonchev–Trinajstić information content (AvgIpc) is 2.54. The highest BCUT2D eigenvalue weighted by Gasteiger charge is 2.14. The van der Waals surface area contributed by atoms with E-state index in [0.29, 0.717) is 29.2 Å². The Balaban J connectivity index is 2.19. The first-order valence-electron chi connectivity index (χ1n) is 7.36. The Morgan fingerprint density at radius 1 is 1.13 bits per heavy atom. The van der Waals surface area contributed by atoms with Crippen LogP contribution in [0.25, 0.3) is 0 Å². The van der Waals surface area contributed by atoms with Gasteiger partial charge in [-0.3, -0.25) is 9.59 Å². The Morgan fingerprint density at radius 2 is 1.83 bits per heavy atom. The van der Waals surface area contributed by atoms with Gasteiger partial charge in [0.25, 0.3) is 5.91 Å². The standard InChI is InChI=1S/C18H18BrNO3/c1-3-10-23-17-9-6-14(19)11-16(17)18(22)20-15-7-4-13(5-8-15)12(2)21/h4-9,11H,3,10H2,1-2H3,(H,20,22). The van der Waals surface area contributed by atoms with Crippen LogP contribution in [0.1, 0.15) is 41.0 Å². The molecule has 0 aliphatic heterocycles. The molecular formula is C18H18BrNO3. The van der Waals surface area contributed by atoms with Gasteiger partial charge in [-0.05, 0) is 55.8 Å². The van der Waals surface area contributed by atoms with Crippen molar-refractivity contribution in [2.75, 3.05) is 11.9 Å². The van der Waals surface area contributed by atoms with E-state index in [1.165, 1.54) is 6.92 Å². The van der Waals surface area contributed by atoms with E-state index in [0.717, 1.165) is 10.9 Å². The SMILES string of the molecule is CCCOc1ccc(Br)cc1C(=O)Nc1ccc(C(C)=O)cc1. The third-order valence-electron chi connectivity index (χ3n) is 3.20. The van der Waals surface area contributed by atoms with Crippen LogP contribution in [0, 0.1) is 0 Å². The maximum atomic E-state index is 12.5. The molecular weight excluding hydrogens is 358 g/mol. The number of benzene rings is 2. The number of anilines is 1. The molecule has 0 aliphatic rings. The zero-order chi connectivity index (χ0) is 16.8. The fourth-order valence-corrected chi connectivity index (χ4v) is 2.37. The summed E-state index contributed by atoms with van der Waals surface area (Å²) in [7, 11) is 0. The molecule has 0 aromatic heterocycles. The zero-order valence-corrected chi connectivity index (χ0v) is 14.6. The van der Waals surface area contributed by atoms with E-state index in [2.05, 4.69) is 21.2 Å². The maximum absolute atomic E-state index is 12.5. The van der Waals surface area contributed by atoms with Crippen LogP contribution < -0.4 is 10.1 Å². The first-order valence-corrected chi connectivity index (χ1v) is 8.15. The van der Waals surface area contributed by atoms with Crippen molar-refractivity contribution in [1.29, 1.82) is 0 Å². The van der Waals surface area contributed by atoms with E-state index in [-0.39, 0.29) is 11.7 Å². The van der Waals surface area contributed by atoms with Gasteiger partial charge in [-0.25, -0.2) is 0 Å². The van der Waals surface area contributed by atoms with Crippen molar-refractivity contribution in [1.82, 2.24) is 0 Å². The lowest BCUT2D eigenvalue weighted by Crippen LogP contribution is -2.14. The molecule has 0 fully saturated rings. The molecule has 2 aromatic carbocycles. The number of Topliss-reactive ketones (excluding diaryl/α,β-unsaturated/α-hetero) is 1. The molecule has 0 radical (unpaired) electrons. The molecule has 1 N–H and O–H groups in total. The van der Waals surface area contributed by atoms with Gasteiger partial charge in [0.15, 0.2) is 5.78 Å². The Bertz CT molecular complexity index is 711. The molecule has 0 bridgehead atoms. The van der Waals surface area contributed by atoms with E-state index in [4.69, 9.17) is 4.74 Å². The van der Waals surface area contributed by atoms with E-state index < -0.39 is 0 Å². The highest BCUT2D eigenvalue weighted by Crippen LogP contribution is 2.24. The van der Waals surface area contributed by atoms with E-state index in [1.54, 1.807) is 36.4 Å². The summed E-state index contributed by atoms with van der Waals surface area (Å²) in [5, 5.41) is 2.82. The number of hydrogen-bond acceptors (Lipinski definition) is 3. The van der Waals surface area contributed by atoms with Crippen molar-refractivity contribution >= 4 is 33.3 Å². The minimum Gasteiger partial charge on any atom is -0.493 e. The van der Waals surface area contributed by atoms with Crippen LogP contribution in [-0.4, -0.2) is 18.3 Å². The van der Waals surface area contributed by atoms with Crippen molar-refractivity contribution in [3.05, 3.63) is 58.1 Å². The van der Waals surface area contributed by atoms with Crippen LogP contribution in [0.2, 0.25) is 0 Å². The molecule has 2 aromatic rings. The first-order chi connectivity index (χ1) is 11.0. The Labute approximate surface area is 144 Å². The third-order valence-corrected chi connectivity index (χ3v) is 3.69. The minimum atomic E-state index is -0.257. The second-order valence-corrected chi connectivity index (χ2v) is 5.99. The molecule has 0 saturated carbocycles. The lowest BCUT2D eigenvalue weighted by Gasteiger charge is -2.12. The number of halogens is 1.